The van der Waals surface area contributed by atoms with E-state index in [9.17, 15) is 14.4 Å². The van der Waals surface area contributed by atoms with Gasteiger partial charge in [-0.25, -0.2) is 4.79 Å². The van der Waals surface area contributed by atoms with Crippen LogP contribution in [0.4, 0.5) is 0 Å². The van der Waals surface area contributed by atoms with Gasteiger partial charge in [-0.05, 0) is 5.27 Å². The molecule has 1 heterocycles. The maximum absolute atomic E-state index is 11.0. The molecule has 0 bridgehead atoms. The number of amides is 1. The molecule has 0 aromatic carbocycles. The van der Waals surface area contributed by atoms with E-state index < -0.39 is 24.0 Å². The van der Waals surface area contributed by atoms with Crippen molar-refractivity contribution in [3.63, 3.8) is 0 Å². The number of rotatable bonds is 4. The highest BCUT2D eigenvalue weighted by molar-refractivity contribution is 5.80. The first-order chi connectivity index (χ1) is 6.58. The Morgan fingerprint density at radius 3 is 2.86 bits per heavy atom. The normalized spacial score (nSPS) is 9.71. The minimum atomic E-state index is -1.14. The van der Waals surface area contributed by atoms with Crippen molar-refractivity contribution in [2.24, 2.45) is 0 Å². The second kappa shape index (κ2) is 4.21. The summed E-state index contributed by atoms with van der Waals surface area (Å²) in [5.74, 6) is -1.67. The van der Waals surface area contributed by atoms with E-state index in [2.05, 4.69) is 15.1 Å². The van der Waals surface area contributed by atoms with Crippen molar-refractivity contribution < 1.29 is 23.9 Å². The maximum atomic E-state index is 11.0. The molecule has 0 aliphatic rings. The molecule has 1 rings (SSSR count). The lowest BCUT2D eigenvalue weighted by Gasteiger charge is -1.95. The van der Waals surface area contributed by atoms with Gasteiger partial charge in [-0.3, -0.25) is 14.1 Å². The molecule has 0 fully saturated rings. The molecule has 0 unspecified atom stereocenters. The summed E-state index contributed by atoms with van der Waals surface area (Å²) in [6.45, 7) is -0.652. The number of aliphatic carboxylic acids is 1. The number of H-pyrrole nitrogens is 1. The highest BCUT2D eigenvalue weighted by atomic mass is 16.5. The summed E-state index contributed by atoms with van der Waals surface area (Å²) in [7, 11) is 0. The second-order valence-electron chi connectivity index (χ2n) is 2.44. The van der Waals surface area contributed by atoms with Crippen molar-refractivity contribution in [3.8, 4) is 0 Å². The van der Waals surface area contributed by atoms with Gasteiger partial charge in [-0.15, -0.1) is 0 Å². The van der Waals surface area contributed by atoms with Gasteiger partial charge in [0.15, 0.2) is 0 Å². The third-order valence-electron chi connectivity index (χ3n) is 1.28. The maximum Gasteiger partial charge on any atom is 0.426 e. The van der Waals surface area contributed by atoms with Crippen LogP contribution in [0.15, 0.2) is 15.5 Å². The SMILES string of the molecule is O=C(O)CNC(=O)C[n+]1cc(=O)o[nH]1. The average Bonchev–Trinajstić information content (AvgIpc) is 2.48. The summed E-state index contributed by atoms with van der Waals surface area (Å²) in [6, 6.07) is 0. The molecule has 8 heteroatoms. The average molecular weight is 202 g/mol. The molecule has 0 aliphatic heterocycles. The lowest BCUT2D eigenvalue weighted by atomic mass is 10.5. The number of nitrogens with one attached hydrogen (secondary N) is 2. The van der Waals surface area contributed by atoms with Gasteiger partial charge in [0.1, 0.15) is 6.54 Å². The van der Waals surface area contributed by atoms with Gasteiger partial charge >= 0.3 is 11.6 Å². The zero-order valence-electron chi connectivity index (χ0n) is 7.02. The summed E-state index contributed by atoms with van der Waals surface area (Å²) in [5.41, 5.74) is -0.615. The molecule has 3 N–H and O–H groups in total. The number of carboxylic acid groups (broad SMARTS) is 1. The zero-order chi connectivity index (χ0) is 10.6. The number of nitrogens with zero attached hydrogens (tertiary/aromatic N) is 1. The molecule has 0 saturated carbocycles. The first-order valence-electron chi connectivity index (χ1n) is 3.64. The van der Waals surface area contributed by atoms with E-state index >= 15 is 0 Å². The molecule has 1 amide bonds. The molecule has 76 valence electrons. The van der Waals surface area contributed by atoms with Crippen molar-refractivity contribution in [2.45, 2.75) is 6.54 Å². The van der Waals surface area contributed by atoms with E-state index in [0.717, 1.165) is 10.9 Å². The number of hydrogen-bond acceptors (Lipinski definition) is 4. The third-order valence-corrected chi connectivity index (χ3v) is 1.28. The van der Waals surface area contributed by atoms with Crippen molar-refractivity contribution in [2.75, 3.05) is 6.54 Å². The van der Waals surface area contributed by atoms with Crippen LogP contribution in [0, 0.1) is 0 Å². The van der Waals surface area contributed by atoms with Gasteiger partial charge in [0.2, 0.25) is 0 Å². The highest BCUT2D eigenvalue weighted by Crippen LogP contribution is 1.67. The highest BCUT2D eigenvalue weighted by Gasteiger charge is 2.12. The number of aromatic amines is 1. The van der Waals surface area contributed by atoms with Crippen LogP contribution in [0.3, 0.4) is 0 Å². The molecule has 0 saturated heterocycles. The molecule has 8 nitrogen and oxygen atoms in total. The van der Waals surface area contributed by atoms with E-state index in [1.165, 1.54) is 0 Å². The van der Waals surface area contributed by atoms with Crippen LogP contribution in [-0.2, 0) is 16.1 Å². The van der Waals surface area contributed by atoms with E-state index in [1.54, 1.807) is 0 Å². The largest absolute Gasteiger partial charge is 0.480 e. The Bertz CT molecular complexity index is 392. The van der Waals surface area contributed by atoms with Crippen LogP contribution in [0.2, 0.25) is 0 Å². The zero-order valence-corrected chi connectivity index (χ0v) is 7.02. The molecule has 0 radical (unpaired) electrons. The summed E-state index contributed by atoms with van der Waals surface area (Å²) >= 11 is 0. The number of carbonyl (C=O) groups is 2. The van der Waals surface area contributed by atoms with Crippen molar-refractivity contribution in [1.29, 1.82) is 0 Å². The van der Waals surface area contributed by atoms with Gasteiger partial charge in [-0.1, -0.05) is 4.68 Å². The fourth-order valence-electron chi connectivity index (χ4n) is 0.746. The molecule has 0 aliphatic carbocycles. The standard InChI is InChI=1S/C6H7N3O5/c10-4(7-1-5(11)12)2-9-3-6(13)14-8-9/h3H,1-2H2,(H2-,7,8,10,11,12,13)/p+1. The van der Waals surface area contributed by atoms with Crippen molar-refractivity contribution in [3.05, 3.63) is 16.6 Å². The van der Waals surface area contributed by atoms with Crippen LogP contribution in [0.25, 0.3) is 0 Å². The smallest absolute Gasteiger partial charge is 0.426 e. The monoisotopic (exact) mass is 202 g/mol. The molecule has 14 heavy (non-hydrogen) atoms. The Morgan fingerprint density at radius 2 is 2.36 bits per heavy atom. The minimum absolute atomic E-state index is 0.195. The summed E-state index contributed by atoms with van der Waals surface area (Å²) in [4.78, 5) is 31.5. The molecule has 1 aromatic rings. The summed E-state index contributed by atoms with van der Waals surface area (Å²) in [6.07, 6.45) is 1.04. The van der Waals surface area contributed by atoms with E-state index in [4.69, 9.17) is 5.11 Å². The molecular weight excluding hydrogens is 194 g/mol. The first kappa shape index (κ1) is 9.96. The van der Waals surface area contributed by atoms with Gasteiger partial charge in [0.25, 0.3) is 18.6 Å². The Labute approximate surface area is 77.1 Å². The molecule has 0 atom stereocenters. The van der Waals surface area contributed by atoms with Crippen LogP contribution in [0.1, 0.15) is 0 Å². The van der Waals surface area contributed by atoms with Gasteiger partial charge in [0.05, 0.1) is 0 Å². The Kier molecular flexibility index (Phi) is 3.00. The van der Waals surface area contributed by atoms with Gasteiger partial charge < -0.3 is 10.4 Å². The van der Waals surface area contributed by atoms with Gasteiger partial charge in [-0.2, -0.15) is 0 Å². The molecule has 1 aromatic heterocycles. The Morgan fingerprint density at radius 1 is 1.64 bits per heavy atom. The van der Waals surface area contributed by atoms with E-state index in [-0.39, 0.29) is 6.54 Å². The number of carboxylic acids is 1. The lowest BCUT2D eigenvalue weighted by molar-refractivity contribution is -0.751. The number of aromatic nitrogens is 2. The van der Waals surface area contributed by atoms with Crippen LogP contribution in [0.5, 0.6) is 0 Å². The topological polar surface area (TPSA) is 116 Å². The predicted molar refractivity (Wildman–Crippen MR) is 40.2 cm³/mol. The number of hydrogen-bond donors (Lipinski definition) is 3. The van der Waals surface area contributed by atoms with Crippen LogP contribution in [-0.4, -0.2) is 28.8 Å². The quantitative estimate of drug-likeness (QED) is 0.465. The van der Waals surface area contributed by atoms with Gasteiger partial charge in [0, 0.05) is 0 Å². The number of carbonyl (C=O) groups excluding carboxylic acids is 1. The third kappa shape index (κ3) is 3.09. The first-order valence-corrected chi connectivity index (χ1v) is 3.64. The summed E-state index contributed by atoms with van der Waals surface area (Å²) < 4.78 is 5.37. The van der Waals surface area contributed by atoms with Crippen molar-refractivity contribution >= 4 is 11.9 Å². The minimum Gasteiger partial charge on any atom is -0.480 e. The summed E-state index contributed by atoms with van der Waals surface area (Å²) in [5, 5.41) is 12.5. The lowest BCUT2D eigenvalue weighted by Crippen LogP contribution is -2.45. The fraction of sp³-hybridized carbons (Fsp3) is 0.333. The molecule has 0 spiro atoms. The predicted octanol–water partition coefficient (Wildman–Crippen LogP) is -2.54. The van der Waals surface area contributed by atoms with Crippen molar-refractivity contribution in [1.82, 2.24) is 10.6 Å². The fourth-order valence-corrected chi connectivity index (χ4v) is 0.746. The Hall–Kier alpha value is -2.12. The molecular formula is C6H8N3O5+. The Balaban J connectivity index is 2.41. The van der Waals surface area contributed by atoms with Crippen LogP contribution < -0.4 is 15.6 Å². The second-order valence-corrected chi connectivity index (χ2v) is 2.44. The van der Waals surface area contributed by atoms with E-state index in [1.807, 2.05) is 0 Å². The van der Waals surface area contributed by atoms with E-state index in [0.29, 0.717) is 0 Å². The van der Waals surface area contributed by atoms with Crippen LogP contribution >= 0.6 is 0 Å².